The van der Waals surface area contributed by atoms with Gasteiger partial charge in [0.05, 0.1) is 0 Å². The van der Waals surface area contributed by atoms with Gasteiger partial charge in [0.2, 0.25) is 17.7 Å². The van der Waals surface area contributed by atoms with Crippen molar-refractivity contribution in [3.63, 3.8) is 0 Å². The van der Waals surface area contributed by atoms with E-state index in [0.717, 1.165) is 43.0 Å². The molecule has 33 heavy (non-hydrogen) atoms. The summed E-state index contributed by atoms with van der Waals surface area (Å²) in [5.41, 5.74) is 1.15. The minimum absolute atomic E-state index is 0.120. The van der Waals surface area contributed by atoms with E-state index >= 15 is 0 Å². The highest BCUT2D eigenvalue weighted by Crippen LogP contribution is 2.14. The summed E-state index contributed by atoms with van der Waals surface area (Å²) >= 11 is 0. The Morgan fingerprint density at radius 3 is 2.18 bits per heavy atom. The summed E-state index contributed by atoms with van der Waals surface area (Å²) in [6, 6.07) is 11.6. The summed E-state index contributed by atoms with van der Waals surface area (Å²) in [4.78, 5) is 40.2. The maximum atomic E-state index is 13.3. The molecule has 3 rings (SSSR count). The molecule has 1 saturated heterocycles. The lowest BCUT2D eigenvalue weighted by atomic mass is 10.0. The number of likely N-dealkylation sites (tertiary alicyclic amines) is 1. The van der Waals surface area contributed by atoms with Crippen molar-refractivity contribution in [3.05, 3.63) is 71.3 Å². The van der Waals surface area contributed by atoms with Gasteiger partial charge in [0.1, 0.15) is 23.6 Å². The van der Waals surface area contributed by atoms with Gasteiger partial charge in [0.15, 0.2) is 0 Å². The number of benzene rings is 2. The molecule has 1 heterocycles. The Bertz CT molecular complexity index is 958. The molecule has 0 aromatic heterocycles. The third-order valence-corrected chi connectivity index (χ3v) is 5.74. The largest absolute Gasteiger partial charge is 0.351 e. The number of piperidine rings is 1. The fourth-order valence-electron chi connectivity index (χ4n) is 3.86. The van der Waals surface area contributed by atoms with E-state index in [2.05, 4.69) is 10.6 Å². The Hall–Kier alpha value is -3.29. The molecule has 1 aliphatic heterocycles. The smallest absolute Gasteiger partial charge is 0.245 e. The van der Waals surface area contributed by atoms with Crippen molar-refractivity contribution in [1.29, 1.82) is 0 Å². The lowest BCUT2D eigenvalue weighted by molar-refractivity contribution is -0.140. The van der Waals surface area contributed by atoms with Crippen LogP contribution in [-0.2, 0) is 27.3 Å². The molecule has 0 aliphatic carbocycles. The second kappa shape index (κ2) is 11.5. The number of nitrogens with one attached hydrogen (secondary N) is 2. The molecular formula is C25H29F2N3O3. The molecule has 2 aromatic carbocycles. The quantitative estimate of drug-likeness (QED) is 0.599. The topological polar surface area (TPSA) is 78.5 Å². The number of halogens is 2. The summed E-state index contributed by atoms with van der Waals surface area (Å²) in [5, 5.41) is 5.27. The number of nitrogens with zero attached hydrogens (tertiary/aromatic N) is 1. The highest BCUT2D eigenvalue weighted by molar-refractivity contribution is 6.01. The highest BCUT2D eigenvalue weighted by atomic mass is 19.1. The van der Waals surface area contributed by atoms with Crippen LogP contribution in [0, 0.1) is 17.6 Å². The standard InChI is InChI=1S/C25H29F2N3O3/c1-17(23(31)28-16-19-12-20(26)15-21(27)13-19)24(32)29-22(14-18-8-4-2-5-9-18)25(33)30-10-6-3-7-11-30/h2,4-5,8-9,12-13,15,17,22H,3,6-7,10-11,14,16H2,1H3,(H,28,31)(H,29,32). The van der Waals surface area contributed by atoms with Crippen LogP contribution in [0.25, 0.3) is 0 Å². The molecule has 6 nitrogen and oxygen atoms in total. The second-order valence-electron chi connectivity index (χ2n) is 8.35. The van der Waals surface area contributed by atoms with Crippen LogP contribution in [-0.4, -0.2) is 41.8 Å². The van der Waals surface area contributed by atoms with Gasteiger partial charge >= 0.3 is 0 Å². The first-order valence-electron chi connectivity index (χ1n) is 11.2. The fourth-order valence-corrected chi connectivity index (χ4v) is 3.86. The monoisotopic (exact) mass is 457 g/mol. The molecule has 0 saturated carbocycles. The minimum Gasteiger partial charge on any atom is -0.351 e. The van der Waals surface area contributed by atoms with Crippen molar-refractivity contribution >= 4 is 17.7 Å². The van der Waals surface area contributed by atoms with Crippen molar-refractivity contribution in [2.24, 2.45) is 5.92 Å². The molecule has 3 amide bonds. The average Bonchev–Trinajstić information content (AvgIpc) is 2.81. The van der Waals surface area contributed by atoms with E-state index in [-0.39, 0.29) is 18.0 Å². The van der Waals surface area contributed by atoms with Crippen LogP contribution >= 0.6 is 0 Å². The molecule has 2 N–H and O–H groups in total. The number of carbonyl (C=O) groups excluding carboxylic acids is 3. The molecule has 2 atom stereocenters. The maximum Gasteiger partial charge on any atom is 0.245 e. The van der Waals surface area contributed by atoms with Gasteiger partial charge in [-0.25, -0.2) is 8.78 Å². The van der Waals surface area contributed by atoms with Crippen LogP contribution in [0.3, 0.4) is 0 Å². The van der Waals surface area contributed by atoms with Gasteiger partial charge in [-0.2, -0.15) is 0 Å². The van der Waals surface area contributed by atoms with Crippen LogP contribution in [0.1, 0.15) is 37.3 Å². The van der Waals surface area contributed by atoms with Gasteiger partial charge in [-0.3, -0.25) is 14.4 Å². The molecule has 0 bridgehead atoms. The van der Waals surface area contributed by atoms with Gasteiger partial charge in [-0.05, 0) is 49.4 Å². The van der Waals surface area contributed by atoms with E-state index in [4.69, 9.17) is 0 Å². The summed E-state index contributed by atoms with van der Waals surface area (Å²) < 4.78 is 26.7. The molecule has 176 valence electrons. The van der Waals surface area contributed by atoms with E-state index in [1.807, 2.05) is 30.3 Å². The zero-order chi connectivity index (χ0) is 23.8. The Morgan fingerprint density at radius 1 is 0.909 bits per heavy atom. The Morgan fingerprint density at radius 2 is 1.55 bits per heavy atom. The SMILES string of the molecule is CC(C(=O)NCc1cc(F)cc(F)c1)C(=O)NC(Cc1ccccc1)C(=O)N1CCCCC1. The van der Waals surface area contributed by atoms with E-state index in [0.29, 0.717) is 19.5 Å². The van der Waals surface area contributed by atoms with Crippen LogP contribution < -0.4 is 10.6 Å². The normalized spacial score (nSPS) is 15.4. The Balaban J connectivity index is 1.63. The number of carbonyl (C=O) groups is 3. The summed E-state index contributed by atoms with van der Waals surface area (Å²) in [5.74, 6) is -3.91. The van der Waals surface area contributed by atoms with E-state index in [9.17, 15) is 23.2 Å². The van der Waals surface area contributed by atoms with Crippen molar-refractivity contribution in [1.82, 2.24) is 15.5 Å². The van der Waals surface area contributed by atoms with Crippen LogP contribution in [0.5, 0.6) is 0 Å². The van der Waals surface area contributed by atoms with Gasteiger partial charge in [-0.1, -0.05) is 30.3 Å². The third kappa shape index (κ3) is 7.10. The predicted octanol–water partition coefficient (Wildman–Crippen LogP) is 2.96. The van der Waals surface area contributed by atoms with Crippen molar-refractivity contribution in [3.8, 4) is 0 Å². The fraction of sp³-hybridized carbons (Fsp3) is 0.400. The molecule has 2 unspecified atom stereocenters. The van der Waals surface area contributed by atoms with E-state index in [1.54, 1.807) is 4.90 Å². The summed E-state index contributed by atoms with van der Waals surface area (Å²) in [6.45, 7) is 2.62. The van der Waals surface area contributed by atoms with Crippen LogP contribution in [0.2, 0.25) is 0 Å². The molecule has 1 aliphatic rings. The molecule has 1 fully saturated rings. The third-order valence-electron chi connectivity index (χ3n) is 5.74. The second-order valence-corrected chi connectivity index (χ2v) is 8.35. The van der Waals surface area contributed by atoms with Crippen molar-refractivity contribution < 1.29 is 23.2 Å². The van der Waals surface area contributed by atoms with Crippen LogP contribution in [0.15, 0.2) is 48.5 Å². The van der Waals surface area contributed by atoms with Gasteiger partial charge in [-0.15, -0.1) is 0 Å². The highest BCUT2D eigenvalue weighted by Gasteiger charge is 2.30. The van der Waals surface area contributed by atoms with Crippen LogP contribution in [0.4, 0.5) is 8.78 Å². The van der Waals surface area contributed by atoms with Gasteiger partial charge < -0.3 is 15.5 Å². The molecule has 2 aromatic rings. The number of rotatable bonds is 8. The number of hydrogen-bond acceptors (Lipinski definition) is 3. The van der Waals surface area contributed by atoms with E-state index in [1.165, 1.54) is 6.92 Å². The van der Waals surface area contributed by atoms with Crippen molar-refractivity contribution in [2.75, 3.05) is 13.1 Å². The first-order chi connectivity index (χ1) is 15.8. The zero-order valence-electron chi connectivity index (χ0n) is 18.7. The zero-order valence-corrected chi connectivity index (χ0v) is 18.7. The number of amides is 3. The lowest BCUT2D eigenvalue weighted by Gasteiger charge is -2.31. The molecule has 8 heteroatoms. The Kier molecular flexibility index (Phi) is 8.52. The molecular weight excluding hydrogens is 428 g/mol. The molecule has 0 radical (unpaired) electrons. The summed E-state index contributed by atoms with van der Waals surface area (Å²) in [7, 11) is 0. The van der Waals surface area contributed by atoms with Crippen molar-refractivity contribution in [2.45, 2.75) is 45.2 Å². The lowest BCUT2D eigenvalue weighted by Crippen LogP contribution is -2.53. The Labute approximate surface area is 192 Å². The molecule has 0 spiro atoms. The first-order valence-corrected chi connectivity index (χ1v) is 11.2. The minimum atomic E-state index is -1.09. The van der Waals surface area contributed by atoms with Gasteiger partial charge in [0.25, 0.3) is 0 Å². The first kappa shape index (κ1) is 24.4. The average molecular weight is 458 g/mol. The predicted molar refractivity (Wildman–Crippen MR) is 120 cm³/mol. The van der Waals surface area contributed by atoms with Gasteiger partial charge in [0, 0.05) is 32.1 Å². The maximum absolute atomic E-state index is 13.3. The number of hydrogen-bond donors (Lipinski definition) is 2. The van der Waals surface area contributed by atoms with E-state index < -0.39 is 35.4 Å². The summed E-state index contributed by atoms with van der Waals surface area (Å²) in [6.07, 6.45) is 3.25.